The quantitative estimate of drug-likeness (QED) is 0.495. The van der Waals surface area contributed by atoms with Crippen LogP contribution in [0.15, 0.2) is 60.3 Å². The highest BCUT2D eigenvalue weighted by atomic mass is 16.4. The number of para-hydroxylation sites is 2. The molecule has 3 N–H and O–H groups in total. The standard InChI is InChI=1S/C17H16N2O3/c1-11-6-8-12(9-7-11)16(20)10-15(17(21)22)19-14-5-3-2-4-13(14)18/h2-10,19H,18H2,1H3,(H,21,22)/p-1/b15-10-. The number of nitrogens with two attached hydrogens (primary N) is 1. The first-order valence-corrected chi connectivity index (χ1v) is 6.63. The highest BCUT2D eigenvalue weighted by Crippen LogP contribution is 2.19. The van der Waals surface area contributed by atoms with Crippen LogP contribution in [0.5, 0.6) is 0 Å². The van der Waals surface area contributed by atoms with Crippen molar-refractivity contribution in [3.63, 3.8) is 0 Å². The van der Waals surface area contributed by atoms with E-state index in [0.29, 0.717) is 16.9 Å². The van der Waals surface area contributed by atoms with E-state index < -0.39 is 11.8 Å². The maximum atomic E-state index is 12.1. The summed E-state index contributed by atoms with van der Waals surface area (Å²) >= 11 is 0. The van der Waals surface area contributed by atoms with Crippen molar-refractivity contribution >= 4 is 23.1 Å². The number of ketones is 1. The number of anilines is 2. The van der Waals surface area contributed by atoms with E-state index in [0.717, 1.165) is 11.6 Å². The third-order valence-electron chi connectivity index (χ3n) is 3.06. The van der Waals surface area contributed by atoms with E-state index in [2.05, 4.69) is 5.32 Å². The summed E-state index contributed by atoms with van der Waals surface area (Å²) in [6, 6.07) is 13.5. The smallest absolute Gasteiger partial charge is 0.187 e. The van der Waals surface area contributed by atoms with Crippen molar-refractivity contribution in [3.8, 4) is 0 Å². The van der Waals surface area contributed by atoms with Gasteiger partial charge in [0.2, 0.25) is 0 Å². The Labute approximate surface area is 128 Å². The van der Waals surface area contributed by atoms with Crippen LogP contribution in [0.3, 0.4) is 0 Å². The van der Waals surface area contributed by atoms with Gasteiger partial charge < -0.3 is 21.0 Å². The van der Waals surface area contributed by atoms with Crippen molar-refractivity contribution in [2.24, 2.45) is 0 Å². The largest absolute Gasteiger partial charge is 0.543 e. The molecule has 0 bridgehead atoms. The summed E-state index contributed by atoms with van der Waals surface area (Å²) in [7, 11) is 0. The van der Waals surface area contributed by atoms with Gasteiger partial charge in [0.05, 0.1) is 23.0 Å². The fourth-order valence-corrected chi connectivity index (χ4v) is 1.83. The number of allylic oxidation sites excluding steroid dienone is 1. The zero-order valence-electron chi connectivity index (χ0n) is 12.0. The van der Waals surface area contributed by atoms with E-state index in [4.69, 9.17) is 5.73 Å². The van der Waals surface area contributed by atoms with Crippen molar-refractivity contribution in [3.05, 3.63) is 71.4 Å². The number of aryl methyl sites for hydroxylation is 1. The van der Waals surface area contributed by atoms with E-state index in [9.17, 15) is 14.7 Å². The number of rotatable bonds is 5. The second-order valence-corrected chi connectivity index (χ2v) is 4.79. The highest BCUT2D eigenvalue weighted by molar-refractivity contribution is 6.09. The summed E-state index contributed by atoms with van der Waals surface area (Å²) in [5, 5.41) is 13.8. The Morgan fingerprint density at radius 2 is 1.73 bits per heavy atom. The summed E-state index contributed by atoms with van der Waals surface area (Å²) in [5.41, 5.74) is 7.57. The van der Waals surface area contributed by atoms with E-state index in [-0.39, 0.29) is 5.70 Å². The normalized spacial score (nSPS) is 11.0. The topological polar surface area (TPSA) is 95.2 Å². The Morgan fingerprint density at radius 1 is 1.09 bits per heavy atom. The Kier molecular flexibility index (Phi) is 4.58. The highest BCUT2D eigenvalue weighted by Gasteiger charge is 2.08. The molecule has 0 aliphatic rings. The van der Waals surface area contributed by atoms with Gasteiger partial charge in [-0.3, -0.25) is 4.79 Å². The Hall–Kier alpha value is -3.08. The molecule has 0 aliphatic heterocycles. The SMILES string of the molecule is Cc1ccc(C(=O)/C=C(\Nc2ccccc2N)C(=O)[O-])cc1. The van der Waals surface area contributed by atoms with Gasteiger partial charge in [-0.2, -0.15) is 0 Å². The van der Waals surface area contributed by atoms with Gasteiger partial charge >= 0.3 is 0 Å². The number of carbonyl (C=O) groups excluding carboxylic acids is 2. The van der Waals surface area contributed by atoms with Crippen LogP contribution in [0, 0.1) is 6.92 Å². The van der Waals surface area contributed by atoms with Gasteiger partial charge in [-0.05, 0) is 19.1 Å². The third kappa shape index (κ3) is 3.73. The number of nitrogens with one attached hydrogen (secondary N) is 1. The summed E-state index contributed by atoms with van der Waals surface area (Å²) in [6.07, 6.45) is 0.992. The molecule has 0 amide bonds. The minimum Gasteiger partial charge on any atom is -0.543 e. The Morgan fingerprint density at radius 3 is 2.32 bits per heavy atom. The van der Waals surface area contributed by atoms with Gasteiger partial charge in [-0.25, -0.2) is 0 Å². The summed E-state index contributed by atoms with van der Waals surface area (Å²) < 4.78 is 0. The predicted molar refractivity (Wildman–Crippen MR) is 83.1 cm³/mol. The fourth-order valence-electron chi connectivity index (χ4n) is 1.83. The molecule has 112 valence electrons. The molecule has 0 saturated heterocycles. The molecule has 0 heterocycles. The van der Waals surface area contributed by atoms with E-state index >= 15 is 0 Å². The van der Waals surface area contributed by atoms with Gasteiger partial charge in [0, 0.05) is 11.6 Å². The van der Waals surface area contributed by atoms with E-state index in [1.807, 2.05) is 6.92 Å². The zero-order chi connectivity index (χ0) is 16.1. The van der Waals surface area contributed by atoms with E-state index in [1.54, 1.807) is 48.5 Å². The first-order chi connectivity index (χ1) is 10.5. The van der Waals surface area contributed by atoms with Crippen molar-refractivity contribution in [2.75, 3.05) is 11.1 Å². The van der Waals surface area contributed by atoms with Crippen LogP contribution in [-0.4, -0.2) is 11.8 Å². The number of nitrogen functional groups attached to an aromatic ring is 1. The summed E-state index contributed by atoms with van der Waals surface area (Å²) in [6.45, 7) is 1.90. The van der Waals surface area contributed by atoms with Crippen LogP contribution in [0.25, 0.3) is 0 Å². The predicted octanol–water partition coefficient (Wildman–Crippen LogP) is 1.51. The molecule has 0 spiro atoms. The molecule has 2 aromatic carbocycles. The molecule has 0 aliphatic carbocycles. The van der Waals surface area contributed by atoms with Gasteiger partial charge in [0.25, 0.3) is 0 Å². The third-order valence-corrected chi connectivity index (χ3v) is 3.06. The van der Waals surface area contributed by atoms with Crippen LogP contribution in [0.2, 0.25) is 0 Å². The molecule has 0 atom stereocenters. The summed E-state index contributed by atoms with van der Waals surface area (Å²) in [5.74, 6) is -1.91. The van der Waals surface area contributed by atoms with Crippen LogP contribution < -0.4 is 16.2 Å². The summed E-state index contributed by atoms with van der Waals surface area (Å²) in [4.78, 5) is 23.3. The average Bonchev–Trinajstić information content (AvgIpc) is 2.49. The molecule has 0 radical (unpaired) electrons. The first kappa shape index (κ1) is 15.3. The second-order valence-electron chi connectivity index (χ2n) is 4.79. The van der Waals surface area contributed by atoms with Gasteiger partial charge in [0.15, 0.2) is 5.78 Å². The van der Waals surface area contributed by atoms with Crippen LogP contribution in [0.1, 0.15) is 15.9 Å². The van der Waals surface area contributed by atoms with Crippen molar-refractivity contribution in [1.82, 2.24) is 0 Å². The van der Waals surface area contributed by atoms with Crippen molar-refractivity contribution < 1.29 is 14.7 Å². The monoisotopic (exact) mass is 295 g/mol. The lowest BCUT2D eigenvalue weighted by Crippen LogP contribution is -2.29. The minimum absolute atomic E-state index is 0.344. The maximum absolute atomic E-state index is 12.1. The van der Waals surface area contributed by atoms with Crippen molar-refractivity contribution in [1.29, 1.82) is 0 Å². The average molecular weight is 295 g/mol. The van der Waals surface area contributed by atoms with Crippen LogP contribution in [0.4, 0.5) is 11.4 Å². The first-order valence-electron chi connectivity index (χ1n) is 6.63. The Balaban J connectivity index is 2.27. The molecule has 0 aromatic heterocycles. The number of hydrogen-bond acceptors (Lipinski definition) is 5. The van der Waals surface area contributed by atoms with Crippen LogP contribution >= 0.6 is 0 Å². The molecule has 5 heteroatoms. The number of carboxylic acid groups (broad SMARTS) is 1. The lowest BCUT2D eigenvalue weighted by Gasteiger charge is -2.13. The lowest BCUT2D eigenvalue weighted by molar-refractivity contribution is -0.299. The second kappa shape index (κ2) is 6.58. The molecule has 5 nitrogen and oxygen atoms in total. The molecular weight excluding hydrogens is 280 g/mol. The number of benzene rings is 2. The maximum Gasteiger partial charge on any atom is 0.187 e. The number of aliphatic carboxylic acids is 1. The minimum atomic E-state index is -1.48. The molecule has 2 aromatic rings. The zero-order valence-corrected chi connectivity index (χ0v) is 12.0. The lowest BCUT2D eigenvalue weighted by atomic mass is 10.1. The fraction of sp³-hybridized carbons (Fsp3) is 0.0588. The number of hydrogen-bond donors (Lipinski definition) is 2. The van der Waals surface area contributed by atoms with Gasteiger partial charge in [0.1, 0.15) is 0 Å². The molecular formula is C17H15N2O3-. The van der Waals surface area contributed by atoms with Crippen LogP contribution in [-0.2, 0) is 4.79 Å². The molecule has 22 heavy (non-hydrogen) atoms. The number of carboxylic acids is 1. The number of carbonyl (C=O) groups is 2. The molecule has 2 rings (SSSR count). The van der Waals surface area contributed by atoms with Gasteiger partial charge in [-0.15, -0.1) is 0 Å². The van der Waals surface area contributed by atoms with Gasteiger partial charge in [-0.1, -0.05) is 42.0 Å². The van der Waals surface area contributed by atoms with E-state index in [1.165, 1.54) is 0 Å². The van der Waals surface area contributed by atoms with Crippen molar-refractivity contribution in [2.45, 2.75) is 6.92 Å². The molecule has 0 unspecified atom stereocenters. The Bertz CT molecular complexity index is 734. The molecule has 0 fully saturated rings. The molecule has 0 saturated carbocycles.